The summed E-state index contributed by atoms with van der Waals surface area (Å²) in [6.45, 7) is 11.1. The van der Waals surface area contributed by atoms with Crippen LogP contribution in [0, 0.1) is 6.92 Å². The van der Waals surface area contributed by atoms with Crippen molar-refractivity contribution in [1.82, 2.24) is 0 Å². The van der Waals surface area contributed by atoms with Crippen LogP contribution in [0.2, 0.25) is 0 Å². The van der Waals surface area contributed by atoms with Crippen LogP contribution in [0.4, 0.5) is 5.69 Å². The molecule has 1 amide bonds. The summed E-state index contributed by atoms with van der Waals surface area (Å²) in [6, 6.07) is 6.19. The zero-order valence-corrected chi connectivity index (χ0v) is 14.8. The molecule has 0 aliphatic carbocycles. The third-order valence-corrected chi connectivity index (χ3v) is 5.24. The van der Waals surface area contributed by atoms with Crippen LogP contribution in [0.1, 0.15) is 52.5 Å². The monoisotopic (exact) mass is 315 g/mol. The Morgan fingerprint density at radius 1 is 1.04 bits per heavy atom. The number of carbonyl (C=O) groups excluding carboxylic acids is 1. The van der Waals surface area contributed by atoms with Crippen LogP contribution in [0.15, 0.2) is 18.2 Å². The van der Waals surface area contributed by atoms with E-state index in [1.54, 1.807) is 0 Å². The Kier molecular flexibility index (Phi) is 4.05. The summed E-state index contributed by atoms with van der Waals surface area (Å²) in [4.78, 5) is 14.1. The summed E-state index contributed by atoms with van der Waals surface area (Å²) >= 11 is 0. The second-order valence-corrected chi connectivity index (χ2v) is 7.69. The molecule has 1 aromatic carbocycles. The molecule has 0 saturated carbocycles. The van der Waals surface area contributed by atoms with Gasteiger partial charge < -0.3 is 14.2 Å². The molecule has 23 heavy (non-hydrogen) atoms. The molecule has 0 aromatic heterocycles. The lowest BCUT2D eigenvalue weighted by Crippen LogP contribution is -2.41. The Bertz CT molecular complexity index is 611. The van der Waals surface area contributed by atoms with E-state index in [1.807, 2.05) is 17.9 Å². The number of carbonyl (C=O) groups is 1. The van der Waals surface area contributed by atoms with E-state index in [-0.39, 0.29) is 17.1 Å². The van der Waals surface area contributed by atoms with E-state index >= 15 is 0 Å². The Morgan fingerprint density at radius 3 is 2.30 bits per heavy atom. The number of anilines is 1. The zero-order chi connectivity index (χ0) is 16.8. The van der Waals surface area contributed by atoms with Gasteiger partial charge in [-0.3, -0.25) is 4.79 Å². The predicted molar refractivity (Wildman–Crippen MR) is 93.1 cm³/mol. The second-order valence-electron chi connectivity index (χ2n) is 7.69. The van der Waals surface area contributed by atoms with Crippen molar-refractivity contribution in [3.63, 3.8) is 0 Å². The van der Waals surface area contributed by atoms with Gasteiger partial charge in [0.2, 0.25) is 5.91 Å². The molecule has 2 aliphatic rings. The van der Waals surface area contributed by atoms with Crippen molar-refractivity contribution in [2.24, 2.45) is 0 Å². The van der Waals surface area contributed by atoms with E-state index in [4.69, 9.17) is 9.31 Å². The highest BCUT2D eigenvalue weighted by atomic mass is 16.7. The molecule has 0 N–H and O–H groups in total. The molecule has 1 aromatic rings. The van der Waals surface area contributed by atoms with E-state index in [0.29, 0.717) is 6.42 Å². The highest BCUT2D eigenvalue weighted by Crippen LogP contribution is 2.36. The SMILES string of the molecule is Cc1cc(B2OC(C)(C)C(C)(C)O2)cc(N2CCCCC2=O)c1. The summed E-state index contributed by atoms with van der Waals surface area (Å²) in [5.74, 6) is 0.210. The van der Waals surface area contributed by atoms with Crippen LogP contribution in [0.3, 0.4) is 0 Å². The van der Waals surface area contributed by atoms with Gasteiger partial charge in [0.05, 0.1) is 11.2 Å². The van der Waals surface area contributed by atoms with E-state index in [2.05, 4.69) is 39.8 Å². The Labute approximate surface area is 139 Å². The molecule has 0 spiro atoms. The number of rotatable bonds is 2. The lowest BCUT2D eigenvalue weighted by molar-refractivity contribution is -0.119. The number of hydrogen-bond donors (Lipinski definition) is 0. The molecule has 2 saturated heterocycles. The Hall–Kier alpha value is -1.33. The van der Waals surface area contributed by atoms with Gasteiger partial charge in [-0.05, 0) is 70.6 Å². The molecule has 3 rings (SSSR count). The highest BCUT2D eigenvalue weighted by molar-refractivity contribution is 6.62. The topological polar surface area (TPSA) is 38.8 Å². The number of amides is 1. The zero-order valence-electron chi connectivity index (χ0n) is 14.8. The fourth-order valence-electron chi connectivity index (χ4n) is 3.14. The van der Waals surface area contributed by atoms with Crippen LogP contribution in [0.5, 0.6) is 0 Å². The number of nitrogens with zero attached hydrogens (tertiary/aromatic N) is 1. The van der Waals surface area contributed by atoms with Crippen LogP contribution in [-0.2, 0) is 14.1 Å². The van der Waals surface area contributed by atoms with Crippen LogP contribution in [0.25, 0.3) is 0 Å². The summed E-state index contributed by atoms with van der Waals surface area (Å²) < 4.78 is 12.3. The smallest absolute Gasteiger partial charge is 0.399 e. The normalized spacial score (nSPS) is 23.4. The van der Waals surface area contributed by atoms with E-state index < -0.39 is 7.12 Å². The first-order valence-electron chi connectivity index (χ1n) is 8.47. The minimum absolute atomic E-state index is 0.210. The first kappa shape index (κ1) is 16.5. The summed E-state index contributed by atoms with van der Waals surface area (Å²) in [5.41, 5.74) is 2.34. The van der Waals surface area contributed by atoms with Gasteiger partial charge in [-0.1, -0.05) is 6.07 Å². The number of hydrogen-bond acceptors (Lipinski definition) is 3. The molecule has 124 valence electrons. The number of piperidine rings is 1. The molecule has 4 nitrogen and oxygen atoms in total. The lowest BCUT2D eigenvalue weighted by atomic mass is 9.78. The van der Waals surface area contributed by atoms with Gasteiger partial charge >= 0.3 is 7.12 Å². The van der Waals surface area contributed by atoms with E-state index in [0.717, 1.165) is 36.1 Å². The van der Waals surface area contributed by atoms with Crippen molar-refractivity contribution in [2.75, 3.05) is 11.4 Å². The van der Waals surface area contributed by atoms with Crippen LogP contribution < -0.4 is 10.4 Å². The third-order valence-electron chi connectivity index (χ3n) is 5.24. The standard InChI is InChI=1S/C18H26BNO3/c1-13-10-14(19-22-17(2,3)18(4,5)23-19)12-15(11-13)20-9-7-6-8-16(20)21/h10-12H,6-9H2,1-5H3. The van der Waals surface area contributed by atoms with Crippen molar-refractivity contribution < 1.29 is 14.1 Å². The predicted octanol–water partition coefficient (Wildman–Crippen LogP) is 2.81. The first-order valence-corrected chi connectivity index (χ1v) is 8.47. The molecule has 0 atom stereocenters. The fourth-order valence-corrected chi connectivity index (χ4v) is 3.14. The first-order chi connectivity index (χ1) is 10.7. The minimum atomic E-state index is -0.390. The largest absolute Gasteiger partial charge is 0.494 e. The Balaban J connectivity index is 1.91. The quantitative estimate of drug-likeness (QED) is 0.788. The van der Waals surface area contributed by atoms with Gasteiger partial charge in [0.15, 0.2) is 0 Å². The molecule has 5 heteroatoms. The lowest BCUT2D eigenvalue weighted by Gasteiger charge is -2.32. The van der Waals surface area contributed by atoms with Gasteiger partial charge in [-0.2, -0.15) is 0 Å². The minimum Gasteiger partial charge on any atom is -0.399 e. The van der Waals surface area contributed by atoms with E-state index in [9.17, 15) is 4.79 Å². The molecule has 0 bridgehead atoms. The van der Waals surface area contributed by atoms with Crippen molar-refractivity contribution in [1.29, 1.82) is 0 Å². The average molecular weight is 315 g/mol. The van der Waals surface area contributed by atoms with Crippen molar-refractivity contribution in [2.45, 2.75) is 65.1 Å². The van der Waals surface area contributed by atoms with Crippen LogP contribution in [-0.4, -0.2) is 30.8 Å². The molecule has 2 fully saturated rings. The second kappa shape index (κ2) is 5.64. The van der Waals surface area contributed by atoms with Gasteiger partial charge in [-0.25, -0.2) is 0 Å². The molecular weight excluding hydrogens is 289 g/mol. The maximum Gasteiger partial charge on any atom is 0.494 e. The molecule has 2 aliphatic heterocycles. The van der Waals surface area contributed by atoms with Crippen LogP contribution >= 0.6 is 0 Å². The van der Waals surface area contributed by atoms with Gasteiger partial charge in [0, 0.05) is 18.7 Å². The van der Waals surface area contributed by atoms with Crippen molar-refractivity contribution in [3.8, 4) is 0 Å². The fraction of sp³-hybridized carbons (Fsp3) is 0.611. The van der Waals surface area contributed by atoms with Crippen molar-refractivity contribution in [3.05, 3.63) is 23.8 Å². The molecule has 0 unspecified atom stereocenters. The maximum absolute atomic E-state index is 12.2. The summed E-state index contributed by atoms with van der Waals surface area (Å²) in [6.07, 6.45) is 2.69. The summed E-state index contributed by atoms with van der Waals surface area (Å²) in [7, 11) is -0.390. The van der Waals surface area contributed by atoms with E-state index in [1.165, 1.54) is 0 Å². The molecular formula is C18H26BNO3. The molecule has 0 radical (unpaired) electrons. The van der Waals surface area contributed by atoms with Gasteiger partial charge in [-0.15, -0.1) is 0 Å². The van der Waals surface area contributed by atoms with Crippen molar-refractivity contribution >= 4 is 24.2 Å². The number of benzene rings is 1. The highest BCUT2D eigenvalue weighted by Gasteiger charge is 2.51. The molecule has 2 heterocycles. The maximum atomic E-state index is 12.2. The van der Waals surface area contributed by atoms with Gasteiger partial charge in [0.25, 0.3) is 0 Å². The number of aryl methyl sites for hydroxylation is 1. The third kappa shape index (κ3) is 3.04. The Morgan fingerprint density at radius 2 is 1.70 bits per heavy atom. The summed E-state index contributed by atoms with van der Waals surface area (Å²) in [5, 5.41) is 0. The average Bonchev–Trinajstić information content (AvgIpc) is 2.67. The van der Waals surface area contributed by atoms with Gasteiger partial charge in [0.1, 0.15) is 0 Å².